The zero-order valence-corrected chi connectivity index (χ0v) is 16.2. The molecular weight excluding hydrogens is 338 g/mol. The zero-order valence-electron chi connectivity index (χ0n) is 16.2. The molecule has 1 rings (SSSR count). The van der Waals surface area contributed by atoms with Crippen molar-refractivity contribution in [2.24, 2.45) is 11.8 Å². The van der Waals surface area contributed by atoms with Crippen LogP contribution in [0.4, 0.5) is 0 Å². The van der Waals surface area contributed by atoms with Crippen molar-refractivity contribution in [2.45, 2.75) is 65.6 Å². The van der Waals surface area contributed by atoms with E-state index in [9.17, 15) is 14.4 Å². The number of hydrazine groups is 1. The smallest absolute Gasteiger partial charge is 0.322 e. The molecule has 0 spiro atoms. The molecule has 1 heterocycles. The van der Waals surface area contributed by atoms with Crippen LogP contribution in [0.1, 0.15) is 47.5 Å². The van der Waals surface area contributed by atoms with Crippen molar-refractivity contribution in [2.75, 3.05) is 6.54 Å². The number of carbonyl (C=O) groups excluding carboxylic acids is 2. The lowest BCUT2D eigenvalue weighted by Gasteiger charge is -2.34. The van der Waals surface area contributed by atoms with E-state index in [1.54, 1.807) is 6.92 Å². The number of hydrogen-bond acceptors (Lipinski definition) is 5. The molecule has 26 heavy (non-hydrogen) atoms. The van der Waals surface area contributed by atoms with Gasteiger partial charge in [-0.3, -0.25) is 19.4 Å². The van der Waals surface area contributed by atoms with Gasteiger partial charge in [0.1, 0.15) is 12.1 Å². The van der Waals surface area contributed by atoms with Gasteiger partial charge < -0.3 is 15.2 Å². The second-order valence-corrected chi connectivity index (χ2v) is 7.29. The third kappa shape index (κ3) is 6.01. The molecule has 3 N–H and O–H groups in total. The van der Waals surface area contributed by atoms with E-state index in [0.717, 1.165) is 0 Å². The van der Waals surface area contributed by atoms with Gasteiger partial charge in [-0.25, -0.2) is 5.43 Å². The van der Waals surface area contributed by atoms with Gasteiger partial charge in [-0.05, 0) is 25.7 Å². The quantitative estimate of drug-likeness (QED) is 0.556. The van der Waals surface area contributed by atoms with E-state index in [1.165, 1.54) is 5.01 Å². The first-order valence-corrected chi connectivity index (χ1v) is 9.00. The summed E-state index contributed by atoms with van der Waals surface area (Å²) >= 11 is 0. The second-order valence-electron chi connectivity index (χ2n) is 7.29. The summed E-state index contributed by atoms with van der Waals surface area (Å²) in [5.41, 5.74) is 2.69. The number of carboxylic acid groups (broad SMARTS) is 1. The van der Waals surface area contributed by atoms with E-state index >= 15 is 0 Å². The van der Waals surface area contributed by atoms with Gasteiger partial charge in [0.2, 0.25) is 0 Å². The van der Waals surface area contributed by atoms with Crippen molar-refractivity contribution in [3.8, 4) is 0 Å². The molecule has 3 unspecified atom stereocenters. The van der Waals surface area contributed by atoms with Gasteiger partial charge >= 0.3 is 5.97 Å². The number of amides is 2. The molecule has 0 aromatic rings. The van der Waals surface area contributed by atoms with Gasteiger partial charge in [-0.1, -0.05) is 34.3 Å². The molecule has 3 atom stereocenters. The Balaban J connectivity index is 2.69. The van der Waals surface area contributed by atoms with Crippen molar-refractivity contribution in [1.82, 2.24) is 15.8 Å². The lowest BCUT2D eigenvalue weighted by Crippen LogP contribution is -2.59. The Morgan fingerprint density at radius 1 is 1.23 bits per heavy atom. The van der Waals surface area contributed by atoms with E-state index in [2.05, 4.69) is 17.3 Å². The predicted molar refractivity (Wildman–Crippen MR) is 96.8 cm³/mol. The number of ether oxygens (including phenoxy) is 1. The maximum Gasteiger partial charge on any atom is 0.322 e. The summed E-state index contributed by atoms with van der Waals surface area (Å²) in [6, 6.07) is -1.60. The van der Waals surface area contributed by atoms with Crippen LogP contribution < -0.4 is 10.7 Å². The summed E-state index contributed by atoms with van der Waals surface area (Å²) < 4.78 is 5.68. The number of rotatable bonds is 8. The van der Waals surface area contributed by atoms with Gasteiger partial charge in [0.15, 0.2) is 6.10 Å². The highest BCUT2D eigenvalue weighted by molar-refractivity contribution is 5.89. The Labute approximate surface area is 154 Å². The topological polar surface area (TPSA) is 108 Å². The Morgan fingerprint density at radius 3 is 2.35 bits per heavy atom. The van der Waals surface area contributed by atoms with Crippen LogP contribution in [0.2, 0.25) is 0 Å². The van der Waals surface area contributed by atoms with Crippen LogP contribution in [0.25, 0.3) is 0 Å². The Hall–Kier alpha value is -2.09. The third-order valence-electron chi connectivity index (χ3n) is 4.27. The van der Waals surface area contributed by atoms with Gasteiger partial charge in [0.25, 0.3) is 11.8 Å². The van der Waals surface area contributed by atoms with E-state index in [0.29, 0.717) is 25.1 Å². The van der Waals surface area contributed by atoms with Crippen LogP contribution in [0.3, 0.4) is 0 Å². The number of allylic oxidation sites excluding steroid dienone is 1. The molecule has 8 heteroatoms. The second kappa shape index (κ2) is 9.56. The molecule has 0 radical (unpaired) electrons. The number of aliphatic carboxylic acids is 1. The summed E-state index contributed by atoms with van der Waals surface area (Å²) in [6.45, 7) is 13.4. The number of hydrogen-bond donors (Lipinski definition) is 3. The predicted octanol–water partition coefficient (Wildman–Crippen LogP) is 1.28. The van der Waals surface area contributed by atoms with Gasteiger partial charge in [-0.2, -0.15) is 0 Å². The fraction of sp³-hybridized carbons (Fsp3) is 0.722. The van der Waals surface area contributed by atoms with Crippen molar-refractivity contribution in [3.63, 3.8) is 0 Å². The van der Waals surface area contributed by atoms with Crippen LogP contribution in [0, 0.1) is 11.8 Å². The van der Waals surface area contributed by atoms with Crippen LogP contribution in [-0.2, 0) is 19.1 Å². The molecule has 1 fully saturated rings. The van der Waals surface area contributed by atoms with Gasteiger partial charge in [-0.15, -0.1) is 0 Å². The Morgan fingerprint density at radius 2 is 1.85 bits per heavy atom. The van der Waals surface area contributed by atoms with Gasteiger partial charge in [0, 0.05) is 12.5 Å². The largest absolute Gasteiger partial charge is 0.485 e. The summed E-state index contributed by atoms with van der Waals surface area (Å²) in [7, 11) is 0. The van der Waals surface area contributed by atoms with E-state index in [4.69, 9.17) is 9.84 Å². The van der Waals surface area contributed by atoms with Crippen LogP contribution >= 0.6 is 0 Å². The summed E-state index contributed by atoms with van der Waals surface area (Å²) in [5.74, 6) is -1.28. The van der Waals surface area contributed by atoms with Gasteiger partial charge in [0.05, 0.1) is 5.76 Å². The first-order valence-electron chi connectivity index (χ1n) is 9.00. The highest BCUT2D eigenvalue weighted by Crippen LogP contribution is 2.17. The van der Waals surface area contributed by atoms with Crippen molar-refractivity contribution < 1.29 is 24.2 Å². The maximum absolute atomic E-state index is 12.6. The minimum Gasteiger partial charge on any atom is -0.485 e. The SMILES string of the molecule is C=C(OC(C(=O)NC(C)C(=O)N1CCCC(C(=O)O)N1)C(C)C)C(C)C. The molecule has 0 saturated carbocycles. The molecule has 1 saturated heterocycles. The standard InChI is InChI=1S/C18H31N3O5/c1-10(2)13(6)26-15(11(3)4)16(22)19-12(5)17(23)21-9-7-8-14(20-21)18(24)25/h10-12,14-15,20H,6-9H2,1-5H3,(H,19,22)(H,24,25). The van der Waals surface area contributed by atoms with E-state index < -0.39 is 30.1 Å². The number of nitrogens with zero attached hydrogens (tertiary/aromatic N) is 1. The lowest BCUT2D eigenvalue weighted by molar-refractivity contribution is -0.149. The summed E-state index contributed by atoms with van der Waals surface area (Å²) in [5, 5.41) is 13.0. The molecule has 1 aliphatic rings. The minimum atomic E-state index is -1.00. The third-order valence-corrected chi connectivity index (χ3v) is 4.27. The molecule has 0 aliphatic carbocycles. The molecule has 0 aromatic heterocycles. The van der Waals surface area contributed by atoms with Crippen molar-refractivity contribution >= 4 is 17.8 Å². The van der Waals surface area contributed by atoms with Crippen molar-refractivity contribution in [1.29, 1.82) is 0 Å². The number of carbonyl (C=O) groups is 3. The fourth-order valence-electron chi connectivity index (χ4n) is 2.51. The zero-order chi connectivity index (χ0) is 20.0. The average Bonchev–Trinajstić information content (AvgIpc) is 2.57. The molecule has 8 nitrogen and oxygen atoms in total. The highest BCUT2D eigenvalue weighted by Gasteiger charge is 2.32. The van der Waals surface area contributed by atoms with Crippen molar-refractivity contribution in [3.05, 3.63) is 12.3 Å². The first kappa shape index (κ1) is 22.0. The number of carboxylic acids is 1. The first-order chi connectivity index (χ1) is 12.0. The molecule has 0 bridgehead atoms. The summed E-state index contributed by atoms with van der Waals surface area (Å²) in [4.78, 5) is 36.2. The van der Waals surface area contributed by atoms with Crippen LogP contribution in [0.5, 0.6) is 0 Å². The highest BCUT2D eigenvalue weighted by atomic mass is 16.5. The lowest BCUT2D eigenvalue weighted by atomic mass is 10.1. The molecule has 0 aromatic carbocycles. The summed E-state index contributed by atoms with van der Waals surface area (Å²) in [6.07, 6.45) is 0.296. The molecule has 2 amide bonds. The average molecular weight is 369 g/mol. The monoisotopic (exact) mass is 369 g/mol. The normalized spacial score (nSPS) is 19.8. The molecular formula is C18H31N3O5. The van der Waals surface area contributed by atoms with E-state index in [1.807, 2.05) is 27.7 Å². The molecule has 148 valence electrons. The maximum atomic E-state index is 12.6. The molecule has 1 aliphatic heterocycles. The minimum absolute atomic E-state index is 0.0774. The van der Waals surface area contributed by atoms with E-state index in [-0.39, 0.29) is 17.7 Å². The fourth-order valence-corrected chi connectivity index (χ4v) is 2.51. The van der Waals surface area contributed by atoms with Crippen LogP contribution in [0.15, 0.2) is 12.3 Å². The van der Waals surface area contributed by atoms with Crippen LogP contribution in [-0.4, -0.2) is 52.6 Å². The Kier molecular flexibility index (Phi) is 8.08. The Bertz CT molecular complexity index is 547. The number of nitrogens with one attached hydrogen (secondary N) is 2.